The molecule has 0 unspecified atom stereocenters. The van der Waals surface area contributed by atoms with Crippen molar-refractivity contribution in [2.24, 2.45) is 0 Å². The molecule has 3 heterocycles. The Labute approximate surface area is 153 Å². The third-order valence-corrected chi connectivity index (χ3v) is 3.97. The number of fused-ring (bicyclic) bond motifs is 1. The van der Waals surface area contributed by atoms with E-state index in [0.29, 0.717) is 28.9 Å². The number of nitrogens with zero attached hydrogens (tertiary/aromatic N) is 4. The highest BCUT2D eigenvalue weighted by molar-refractivity contribution is 6.29. The summed E-state index contributed by atoms with van der Waals surface area (Å²) in [6, 6.07) is 12.7. The first-order valence-corrected chi connectivity index (χ1v) is 8.05. The highest BCUT2D eigenvalue weighted by Crippen LogP contribution is 2.27. The Morgan fingerprint density at radius 2 is 1.81 bits per heavy atom. The van der Waals surface area contributed by atoms with Gasteiger partial charge in [0.1, 0.15) is 16.6 Å². The Morgan fingerprint density at radius 3 is 2.62 bits per heavy atom. The minimum atomic E-state index is 0.275. The molecule has 0 N–H and O–H groups in total. The summed E-state index contributed by atoms with van der Waals surface area (Å²) < 4.78 is 15.7. The van der Waals surface area contributed by atoms with Crippen molar-refractivity contribution in [2.45, 2.75) is 0 Å². The van der Waals surface area contributed by atoms with Crippen LogP contribution in [0, 0.1) is 0 Å². The van der Waals surface area contributed by atoms with Gasteiger partial charge in [-0.2, -0.15) is 4.98 Å². The van der Waals surface area contributed by atoms with Gasteiger partial charge in [0.2, 0.25) is 11.7 Å². The van der Waals surface area contributed by atoms with Crippen LogP contribution in [0.5, 0.6) is 11.6 Å². The van der Waals surface area contributed by atoms with Gasteiger partial charge in [0, 0.05) is 17.0 Å². The van der Waals surface area contributed by atoms with Crippen molar-refractivity contribution in [2.75, 3.05) is 14.2 Å². The van der Waals surface area contributed by atoms with Crippen LogP contribution in [0.25, 0.3) is 33.9 Å². The lowest BCUT2D eigenvalue weighted by atomic mass is 10.2. The van der Waals surface area contributed by atoms with Crippen molar-refractivity contribution < 1.29 is 14.0 Å². The summed E-state index contributed by atoms with van der Waals surface area (Å²) in [4.78, 5) is 13.0. The molecule has 0 amide bonds. The third kappa shape index (κ3) is 3.04. The second-order valence-corrected chi connectivity index (χ2v) is 5.79. The standard InChI is InChI=1S/C18H13ClN4O3/c1-24-12-4-6-13-10(7-12)3-5-14(20-13)17-22-18(26-23-17)11-8-15(19)21-16(9-11)25-2/h3-9H,1-2H3. The van der Waals surface area contributed by atoms with Gasteiger partial charge in [0.25, 0.3) is 5.89 Å². The molecule has 0 aliphatic carbocycles. The Morgan fingerprint density at radius 1 is 0.923 bits per heavy atom. The summed E-state index contributed by atoms with van der Waals surface area (Å²) in [5.74, 6) is 1.83. The van der Waals surface area contributed by atoms with Crippen LogP contribution in [-0.4, -0.2) is 34.3 Å². The number of rotatable bonds is 4. The molecule has 130 valence electrons. The summed E-state index contributed by atoms with van der Waals surface area (Å²) in [5.41, 5.74) is 2.03. The molecule has 0 atom stereocenters. The molecular formula is C18H13ClN4O3. The Balaban J connectivity index is 1.72. The maximum absolute atomic E-state index is 5.99. The van der Waals surface area contributed by atoms with Crippen molar-refractivity contribution in [1.82, 2.24) is 20.1 Å². The van der Waals surface area contributed by atoms with Crippen LogP contribution in [0.2, 0.25) is 5.15 Å². The number of halogens is 1. The van der Waals surface area contributed by atoms with E-state index in [1.807, 2.05) is 30.3 Å². The minimum Gasteiger partial charge on any atom is -0.497 e. The molecule has 0 saturated heterocycles. The van der Waals surface area contributed by atoms with Crippen molar-refractivity contribution in [3.8, 4) is 34.6 Å². The first-order chi connectivity index (χ1) is 12.7. The first-order valence-electron chi connectivity index (χ1n) is 7.67. The normalized spacial score (nSPS) is 10.9. The number of aromatic nitrogens is 4. The molecule has 3 aromatic heterocycles. The average Bonchev–Trinajstić information content (AvgIpc) is 3.17. The molecule has 0 radical (unpaired) electrons. The number of hydrogen-bond acceptors (Lipinski definition) is 7. The van der Waals surface area contributed by atoms with Gasteiger partial charge >= 0.3 is 0 Å². The number of methoxy groups -OCH3 is 2. The zero-order chi connectivity index (χ0) is 18.1. The SMILES string of the molecule is COc1ccc2nc(-c3noc(-c4cc(Cl)nc(OC)c4)n3)ccc2c1. The highest BCUT2D eigenvalue weighted by Gasteiger charge is 2.14. The maximum Gasteiger partial charge on any atom is 0.258 e. The van der Waals surface area contributed by atoms with E-state index in [2.05, 4.69) is 20.1 Å². The van der Waals surface area contributed by atoms with Gasteiger partial charge in [-0.15, -0.1) is 0 Å². The van der Waals surface area contributed by atoms with Crippen LogP contribution in [-0.2, 0) is 0 Å². The second kappa shape index (κ2) is 6.61. The molecule has 4 aromatic rings. The fraction of sp³-hybridized carbons (Fsp3) is 0.111. The van der Waals surface area contributed by atoms with E-state index in [4.69, 9.17) is 25.6 Å². The third-order valence-electron chi connectivity index (χ3n) is 3.78. The predicted octanol–water partition coefficient (Wildman–Crippen LogP) is 4.02. The van der Waals surface area contributed by atoms with E-state index in [1.165, 1.54) is 7.11 Å². The van der Waals surface area contributed by atoms with Gasteiger partial charge in [0.05, 0.1) is 19.7 Å². The molecule has 8 heteroatoms. The lowest BCUT2D eigenvalue weighted by Gasteiger charge is -2.02. The summed E-state index contributed by atoms with van der Waals surface area (Å²) in [6.45, 7) is 0. The molecule has 0 saturated carbocycles. The van der Waals surface area contributed by atoms with Crippen LogP contribution < -0.4 is 9.47 Å². The molecule has 0 spiro atoms. The van der Waals surface area contributed by atoms with E-state index in [-0.39, 0.29) is 5.15 Å². The Bertz CT molecular complexity index is 1100. The van der Waals surface area contributed by atoms with E-state index in [9.17, 15) is 0 Å². The Hall–Kier alpha value is -3.19. The number of hydrogen-bond donors (Lipinski definition) is 0. The zero-order valence-electron chi connectivity index (χ0n) is 13.9. The fourth-order valence-corrected chi connectivity index (χ4v) is 2.70. The van der Waals surface area contributed by atoms with E-state index in [0.717, 1.165) is 16.7 Å². The fourth-order valence-electron chi connectivity index (χ4n) is 2.50. The van der Waals surface area contributed by atoms with Crippen molar-refractivity contribution in [1.29, 1.82) is 0 Å². The first kappa shape index (κ1) is 16.3. The van der Waals surface area contributed by atoms with Crippen LogP contribution in [0.4, 0.5) is 0 Å². The summed E-state index contributed by atoms with van der Waals surface area (Å²) in [7, 11) is 3.14. The lowest BCUT2D eigenvalue weighted by molar-refractivity contribution is 0.397. The van der Waals surface area contributed by atoms with Crippen LogP contribution in [0.3, 0.4) is 0 Å². The predicted molar refractivity (Wildman–Crippen MR) is 96.4 cm³/mol. The molecule has 4 rings (SSSR count). The van der Waals surface area contributed by atoms with E-state index < -0.39 is 0 Å². The second-order valence-electron chi connectivity index (χ2n) is 5.40. The largest absolute Gasteiger partial charge is 0.497 e. The van der Waals surface area contributed by atoms with Crippen molar-refractivity contribution in [3.05, 3.63) is 47.6 Å². The molecule has 0 aliphatic heterocycles. The number of ether oxygens (including phenoxy) is 2. The summed E-state index contributed by atoms with van der Waals surface area (Å²) >= 11 is 5.99. The van der Waals surface area contributed by atoms with Crippen molar-refractivity contribution >= 4 is 22.5 Å². The van der Waals surface area contributed by atoms with Gasteiger partial charge in [-0.05, 0) is 30.3 Å². The molecule has 1 aromatic carbocycles. The molecule has 0 bridgehead atoms. The van der Waals surface area contributed by atoms with Crippen LogP contribution >= 0.6 is 11.6 Å². The lowest BCUT2D eigenvalue weighted by Crippen LogP contribution is -1.90. The molecule has 0 fully saturated rings. The van der Waals surface area contributed by atoms with Gasteiger partial charge in [-0.25, -0.2) is 9.97 Å². The quantitative estimate of drug-likeness (QED) is 0.503. The highest BCUT2D eigenvalue weighted by atomic mass is 35.5. The van der Waals surface area contributed by atoms with Gasteiger partial charge in [0.15, 0.2) is 0 Å². The van der Waals surface area contributed by atoms with E-state index >= 15 is 0 Å². The molecule has 7 nitrogen and oxygen atoms in total. The van der Waals surface area contributed by atoms with Crippen molar-refractivity contribution in [3.63, 3.8) is 0 Å². The average molecular weight is 369 g/mol. The topological polar surface area (TPSA) is 83.2 Å². The smallest absolute Gasteiger partial charge is 0.258 e. The molecular weight excluding hydrogens is 356 g/mol. The molecule has 0 aliphatic rings. The minimum absolute atomic E-state index is 0.275. The summed E-state index contributed by atoms with van der Waals surface area (Å²) in [6.07, 6.45) is 0. The monoisotopic (exact) mass is 368 g/mol. The molecule has 26 heavy (non-hydrogen) atoms. The van der Waals surface area contributed by atoms with Crippen LogP contribution in [0.1, 0.15) is 0 Å². The van der Waals surface area contributed by atoms with Crippen LogP contribution in [0.15, 0.2) is 47.0 Å². The number of pyridine rings is 2. The van der Waals surface area contributed by atoms with E-state index in [1.54, 1.807) is 19.2 Å². The number of benzene rings is 1. The Kier molecular flexibility index (Phi) is 4.14. The zero-order valence-corrected chi connectivity index (χ0v) is 14.7. The summed E-state index contributed by atoms with van der Waals surface area (Å²) in [5, 5.41) is 5.25. The maximum atomic E-state index is 5.99. The van der Waals surface area contributed by atoms with Gasteiger partial charge < -0.3 is 14.0 Å². The van der Waals surface area contributed by atoms with Gasteiger partial charge in [-0.1, -0.05) is 22.8 Å². The van der Waals surface area contributed by atoms with Gasteiger partial charge in [-0.3, -0.25) is 0 Å².